The molecule has 2 atom stereocenters. The van der Waals surface area contributed by atoms with Gasteiger partial charge in [-0.15, -0.1) is 0 Å². The number of nitrogens with one attached hydrogen (secondary N) is 1. The Labute approximate surface area is 73.4 Å². The fourth-order valence-corrected chi connectivity index (χ4v) is 1.77. The minimum Gasteiger partial charge on any atom is -0.381 e. The van der Waals surface area contributed by atoms with E-state index in [2.05, 4.69) is 5.32 Å². The highest BCUT2D eigenvalue weighted by atomic mass is 16.5. The average molecular weight is 171 g/mol. The highest BCUT2D eigenvalue weighted by Gasteiger charge is 2.19. The molecule has 0 bridgehead atoms. The first-order chi connectivity index (χ1) is 5.95. The summed E-state index contributed by atoms with van der Waals surface area (Å²) in [4.78, 5) is 0. The molecule has 3 nitrogen and oxygen atoms in total. The fourth-order valence-electron chi connectivity index (χ4n) is 1.77. The van der Waals surface area contributed by atoms with Crippen LogP contribution in [0.4, 0.5) is 0 Å². The average Bonchev–Trinajstić information content (AvgIpc) is 2.74. The summed E-state index contributed by atoms with van der Waals surface area (Å²) in [5, 5.41) is 3.52. The van der Waals surface area contributed by atoms with Gasteiger partial charge in [0.1, 0.15) is 0 Å². The van der Waals surface area contributed by atoms with Gasteiger partial charge in [-0.05, 0) is 18.8 Å². The van der Waals surface area contributed by atoms with Crippen LogP contribution in [0.2, 0.25) is 0 Å². The Balaban J connectivity index is 1.60. The Kier molecular flexibility index (Phi) is 2.98. The molecule has 2 saturated heterocycles. The van der Waals surface area contributed by atoms with Gasteiger partial charge in [0, 0.05) is 25.8 Å². The molecule has 0 aromatic carbocycles. The SMILES string of the molecule is C1CC(CNC2CCOC2)CO1. The van der Waals surface area contributed by atoms with E-state index >= 15 is 0 Å². The van der Waals surface area contributed by atoms with Crippen molar-refractivity contribution in [3.63, 3.8) is 0 Å². The standard InChI is InChI=1S/C9H17NO2/c1-3-11-6-8(1)5-10-9-2-4-12-7-9/h8-10H,1-7H2. The van der Waals surface area contributed by atoms with Crippen LogP contribution in [0, 0.1) is 5.92 Å². The van der Waals surface area contributed by atoms with Crippen molar-refractivity contribution in [2.45, 2.75) is 18.9 Å². The van der Waals surface area contributed by atoms with Crippen LogP contribution in [0.1, 0.15) is 12.8 Å². The molecule has 2 aliphatic rings. The molecule has 2 unspecified atom stereocenters. The number of rotatable bonds is 3. The first kappa shape index (κ1) is 8.48. The van der Waals surface area contributed by atoms with Crippen LogP contribution in [0.25, 0.3) is 0 Å². The van der Waals surface area contributed by atoms with E-state index in [4.69, 9.17) is 9.47 Å². The zero-order valence-electron chi connectivity index (χ0n) is 7.42. The molecule has 0 saturated carbocycles. The third-order valence-corrected chi connectivity index (χ3v) is 2.65. The van der Waals surface area contributed by atoms with E-state index < -0.39 is 0 Å². The smallest absolute Gasteiger partial charge is 0.0620 e. The molecule has 1 N–H and O–H groups in total. The predicted molar refractivity (Wildman–Crippen MR) is 46.2 cm³/mol. The van der Waals surface area contributed by atoms with Crippen molar-refractivity contribution in [2.75, 3.05) is 33.0 Å². The number of hydrogen-bond acceptors (Lipinski definition) is 3. The van der Waals surface area contributed by atoms with Gasteiger partial charge in [-0.2, -0.15) is 0 Å². The largest absolute Gasteiger partial charge is 0.381 e. The minimum atomic E-state index is 0.602. The summed E-state index contributed by atoms with van der Waals surface area (Å²) in [6.07, 6.45) is 2.40. The van der Waals surface area contributed by atoms with Gasteiger partial charge in [0.05, 0.1) is 13.2 Å². The Bertz CT molecular complexity index is 112. The third kappa shape index (κ3) is 2.19. The van der Waals surface area contributed by atoms with Gasteiger partial charge in [-0.1, -0.05) is 0 Å². The van der Waals surface area contributed by atoms with Crippen LogP contribution in [0.3, 0.4) is 0 Å². The van der Waals surface area contributed by atoms with Crippen molar-refractivity contribution in [3.8, 4) is 0 Å². The van der Waals surface area contributed by atoms with Crippen molar-refractivity contribution in [1.82, 2.24) is 5.32 Å². The molecule has 0 aliphatic carbocycles. The van der Waals surface area contributed by atoms with E-state index in [1.165, 1.54) is 12.8 Å². The number of ether oxygens (including phenoxy) is 2. The van der Waals surface area contributed by atoms with Crippen LogP contribution in [0.5, 0.6) is 0 Å². The van der Waals surface area contributed by atoms with Crippen molar-refractivity contribution in [1.29, 1.82) is 0 Å². The van der Waals surface area contributed by atoms with Crippen molar-refractivity contribution < 1.29 is 9.47 Å². The molecule has 0 amide bonds. The van der Waals surface area contributed by atoms with Crippen LogP contribution in [0.15, 0.2) is 0 Å². The summed E-state index contributed by atoms with van der Waals surface area (Å²) in [5.41, 5.74) is 0. The second-order valence-corrected chi connectivity index (χ2v) is 3.70. The lowest BCUT2D eigenvalue weighted by Crippen LogP contribution is -2.33. The van der Waals surface area contributed by atoms with E-state index in [1.54, 1.807) is 0 Å². The molecule has 12 heavy (non-hydrogen) atoms. The van der Waals surface area contributed by atoms with E-state index in [1.807, 2.05) is 0 Å². The first-order valence-electron chi connectivity index (χ1n) is 4.84. The third-order valence-electron chi connectivity index (χ3n) is 2.65. The Morgan fingerprint density at radius 1 is 1.08 bits per heavy atom. The predicted octanol–water partition coefficient (Wildman–Crippen LogP) is 0.401. The van der Waals surface area contributed by atoms with Crippen LogP contribution < -0.4 is 5.32 Å². The second kappa shape index (κ2) is 4.21. The zero-order chi connectivity index (χ0) is 8.23. The Morgan fingerprint density at radius 2 is 1.92 bits per heavy atom. The zero-order valence-corrected chi connectivity index (χ0v) is 7.42. The normalized spacial score (nSPS) is 36.0. The lowest BCUT2D eigenvalue weighted by atomic mass is 10.1. The maximum Gasteiger partial charge on any atom is 0.0620 e. The molecular formula is C9H17NO2. The van der Waals surface area contributed by atoms with Gasteiger partial charge >= 0.3 is 0 Å². The van der Waals surface area contributed by atoms with E-state index in [9.17, 15) is 0 Å². The number of hydrogen-bond donors (Lipinski definition) is 1. The quantitative estimate of drug-likeness (QED) is 0.667. The van der Waals surface area contributed by atoms with Crippen LogP contribution in [-0.2, 0) is 9.47 Å². The molecule has 70 valence electrons. The van der Waals surface area contributed by atoms with E-state index in [0.717, 1.165) is 38.9 Å². The molecule has 3 heteroatoms. The van der Waals surface area contributed by atoms with Crippen molar-refractivity contribution in [2.24, 2.45) is 5.92 Å². The molecule has 2 fully saturated rings. The molecule has 0 spiro atoms. The second-order valence-electron chi connectivity index (χ2n) is 3.70. The lowest BCUT2D eigenvalue weighted by molar-refractivity contribution is 0.179. The highest BCUT2D eigenvalue weighted by molar-refractivity contribution is 4.74. The minimum absolute atomic E-state index is 0.602. The summed E-state index contributed by atoms with van der Waals surface area (Å²) >= 11 is 0. The first-order valence-corrected chi connectivity index (χ1v) is 4.84. The van der Waals surface area contributed by atoms with Gasteiger partial charge in [0.2, 0.25) is 0 Å². The lowest BCUT2D eigenvalue weighted by Gasteiger charge is -2.13. The summed E-state index contributed by atoms with van der Waals surface area (Å²) in [6.45, 7) is 4.83. The summed E-state index contributed by atoms with van der Waals surface area (Å²) in [5.74, 6) is 0.741. The molecule has 2 rings (SSSR count). The van der Waals surface area contributed by atoms with E-state index in [-0.39, 0.29) is 0 Å². The molecule has 0 aromatic rings. The topological polar surface area (TPSA) is 30.5 Å². The van der Waals surface area contributed by atoms with Crippen molar-refractivity contribution in [3.05, 3.63) is 0 Å². The molecule has 2 heterocycles. The maximum atomic E-state index is 5.30. The molecular weight excluding hydrogens is 154 g/mol. The molecule has 2 aliphatic heterocycles. The van der Waals surface area contributed by atoms with Crippen LogP contribution in [-0.4, -0.2) is 39.0 Å². The fraction of sp³-hybridized carbons (Fsp3) is 1.00. The Hall–Kier alpha value is -0.120. The summed E-state index contributed by atoms with van der Waals surface area (Å²) in [6, 6.07) is 0.602. The van der Waals surface area contributed by atoms with E-state index in [0.29, 0.717) is 6.04 Å². The van der Waals surface area contributed by atoms with Crippen molar-refractivity contribution >= 4 is 0 Å². The monoisotopic (exact) mass is 171 g/mol. The van der Waals surface area contributed by atoms with Crippen LogP contribution >= 0.6 is 0 Å². The summed E-state index contributed by atoms with van der Waals surface area (Å²) in [7, 11) is 0. The highest BCUT2D eigenvalue weighted by Crippen LogP contribution is 2.12. The van der Waals surface area contributed by atoms with Gasteiger partial charge in [-0.3, -0.25) is 0 Å². The molecule has 0 radical (unpaired) electrons. The van der Waals surface area contributed by atoms with Gasteiger partial charge in [-0.25, -0.2) is 0 Å². The van der Waals surface area contributed by atoms with Gasteiger partial charge in [0.15, 0.2) is 0 Å². The van der Waals surface area contributed by atoms with Gasteiger partial charge < -0.3 is 14.8 Å². The van der Waals surface area contributed by atoms with Gasteiger partial charge in [0.25, 0.3) is 0 Å². The molecule has 0 aromatic heterocycles. The maximum absolute atomic E-state index is 5.30. The Morgan fingerprint density at radius 3 is 2.58 bits per heavy atom. The summed E-state index contributed by atoms with van der Waals surface area (Å²) < 4.78 is 10.6.